The molecule has 0 aliphatic carbocycles. The average molecular weight is 360 g/mol. The van der Waals surface area contributed by atoms with Crippen LogP contribution in [0.3, 0.4) is 0 Å². The van der Waals surface area contributed by atoms with Gasteiger partial charge in [-0.05, 0) is 35.9 Å². The number of nitrogens with one attached hydrogen (secondary N) is 1. The first kappa shape index (κ1) is 17.2. The van der Waals surface area contributed by atoms with Crippen LogP contribution in [-0.4, -0.2) is 41.4 Å². The number of carbonyl (C=O) groups excluding carboxylic acids is 2. The lowest BCUT2D eigenvalue weighted by Gasteiger charge is -2.20. The van der Waals surface area contributed by atoms with Gasteiger partial charge in [0.25, 0.3) is 5.91 Å². The van der Waals surface area contributed by atoms with Gasteiger partial charge in [-0.15, -0.1) is 0 Å². The zero-order chi connectivity index (χ0) is 17.6. The smallest absolute Gasteiger partial charge is 0.260 e. The lowest BCUT2D eigenvalue weighted by atomic mass is 10.2. The molecule has 2 heterocycles. The van der Waals surface area contributed by atoms with Crippen LogP contribution >= 0.6 is 11.6 Å². The number of aromatic nitrogens is 1. The van der Waals surface area contributed by atoms with Crippen LogP contribution in [0.4, 0.5) is 0 Å². The summed E-state index contributed by atoms with van der Waals surface area (Å²) in [7, 11) is 0. The average Bonchev–Trinajstić information content (AvgIpc) is 2.75. The first-order valence-corrected chi connectivity index (χ1v) is 8.34. The lowest BCUT2D eigenvalue weighted by molar-refractivity contribution is -0.133. The molecule has 2 aromatic rings. The fourth-order valence-corrected chi connectivity index (χ4v) is 2.81. The number of rotatable bonds is 5. The van der Waals surface area contributed by atoms with Gasteiger partial charge in [-0.1, -0.05) is 11.6 Å². The molecule has 1 aliphatic heterocycles. The maximum atomic E-state index is 12.2. The van der Waals surface area contributed by atoms with Crippen LogP contribution < -0.4 is 10.1 Å². The second-order valence-corrected chi connectivity index (χ2v) is 6.17. The van der Waals surface area contributed by atoms with Gasteiger partial charge >= 0.3 is 0 Å². The van der Waals surface area contributed by atoms with E-state index in [4.69, 9.17) is 16.3 Å². The van der Waals surface area contributed by atoms with Gasteiger partial charge in [-0.25, -0.2) is 0 Å². The Balaban J connectivity index is 1.53. The summed E-state index contributed by atoms with van der Waals surface area (Å²) in [5, 5.41) is 3.43. The molecule has 0 bridgehead atoms. The van der Waals surface area contributed by atoms with Gasteiger partial charge in [0.1, 0.15) is 5.75 Å². The van der Waals surface area contributed by atoms with E-state index in [1.165, 1.54) is 0 Å². The van der Waals surface area contributed by atoms with Gasteiger partial charge in [-0.3, -0.25) is 14.6 Å². The molecule has 0 atom stereocenters. The molecular weight excluding hydrogens is 342 g/mol. The Morgan fingerprint density at radius 3 is 2.88 bits per heavy atom. The van der Waals surface area contributed by atoms with E-state index in [2.05, 4.69) is 10.3 Å². The maximum Gasteiger partial charge on any atom is 0.260 e. The van der Waals surface area contributed by atoms with Crippen molar-refractivity contribution < 1.29 is 14.3 Å². The molecule has 3 rings (SSSR count). The largest absolute Gasteiger partial charge is 0.483 e. The van der Waals surface area contributed by atoms with Crippen LogP contribution in [0.1, 0.15) is 11.1 Å². The quantitative estimate of drug-likeness (QED) is 0.883. The third kappa shape index (κ3) is 4.70. The summed E-state index contributed by atoms with van der Waals surface area (Å²) >= 11 is 6.02. The molecule has 0 radical (unpaired) electrons. The van der Waals surface area contributed by atoms with Gasteiger partial charge < -0.3 is 15.0 Å². The summed E-state index contributed by atoms with van der Waals surface area (Å²) in [6.07, 6.45) is 3.60. The van der Waals surface area contributed by atoms with E-state index in [0.717, 1.165) is 11.1 Å². The topological polar surface area (TPSA) is 71.5 Å². The van der Waals surface area contributed by atoms with Crippen molar-refractivity contribution in [3.8, 4) is 5.75 Å². The predicted molar refractivity (Wildman–Crippen MR) is 93.3 cm³/mol. The van der Waals surface area contributed by atoms with Crippen molar-refractivity contribution in [1.82, 2.24) is 15.2 Å². The van der Waals surface area contributed by atoms with E-state index < -0.39 is 0 Å². The molecule has 0 saturated heterocycles. The van der Waals surface area contributed by atoms with Crippen molar-refractivity contribution in [2.24, 2.45) is 0 Å². The van der Waals surface area contributed by atoms with Crippen LogP contribution in [0.25, 0.3) is 0 Å². The van der Waals surface area contributed by atoms with E-state index in [1.54, 1.807) is 47.6 Å². The molecule has 25 heavy (non-hydrogen) atoms. The second kappa shape index (κ2) is 7.98. The molecule has 130 valence electrons. The van der Waals surface area contributed by atoms with Crippen molar-refractivity contribution >= 4 is 23.4 Å². The van der Waals surface area contributed by atoms with Crippen LogP contribution in [0, 0.1) is 0 Å². The highest BCUT2D eigenvalue weighted by Crippen LogP contribution is 2.26. The standard InChI is InChI=1S/C18H18ClN3O3/c19-15-1-2-16-14(10-15)11-22(18(24)12-25-16)8-7-21-17(23)9-13-3-5-20-6-4-13/h1-6,10H,7-9,11-12H2,(H,21,23). The number of ether oxygens (including phenoxy) is 1. The molecule has 1 aromatic heterocycles. The van der Waals surface area contributed by atoms with Gasteiger partial charge in [0.15, 0.2) is 6.61 Å². The van der Waals surface area contributed by atoms with E-state index in [-0.39, 0.29) is 24.8 Å². The molecule has 1 N–H and O–H groups in total. The summed E-state index contributed by atoms with van der Waals surface area (Å²) in [5.41, 5.74) is 1.76. The zero-order valence-corrected chi connectivity index (χ0v) is 14.3. The van der Waals surface area contributed by atoms with Crippen LogP contribution in [-0.2, 0) is 22.6 Å². The first-order valence-electron chi connectivity index (χ1n) is 7.96. The number of fused-ring (bicyclic) bond motifs is 1. The summed E-state index contributed by atoms with van der Waals surface area (Å²) in [6.45, 7) is 1.19. The highest BCUT2D eigenvalue weighted by molar-refractivity contribution is 6.30. The van der Waals surface area contributed by atoms with Crippen molar-refractivity contribution in [2.75, 3.05) is 19.7 Å². The molecule has 0 unspecified atom stereocenters. The Morgan fingerprint density at radius 2 is 2.08 bits per heavy atom. The van der Waals surface area contributed by atoms with Crippen LogP contribution in [0.15, 0.2) is 42.7 Å². The van der Waals surface area contributed by atoms with Gasteiger partial charge in [0.05, 0.1) is 6.42 Å². The molecule has 6 nitrogen and oxygen atoms in total. The second-order valence-electron chi connectivity index (χ2n) is 5.74. The zero-order valence-electron chi connectivity index (χ0n) is 13.6. The van der Waals surface area contributed by atoms with Crippen molar-refractivity contribution in [1.29, 1.82) is 0 Å². The summed E-state index contributed by atoms with van der Waals surface area (Å²) in [4.78, 5) is 29.7. The normalized spacial score (nSPS) is 13.6. The highest BCUT2D eigenvalue weighted by atomic mass is 35.5. The SMILES string of the molecule is O=C(Cc1ccncc1)NCCN1Cc2cc(Cl)ccc2OCC1=O. The maximum absolute atomic E-state index is 12.2. The molecule has 0 spiro atoms. The fraction of sp³-hybridized carbons (Fsp3) is 0.278. The molecule has 0 saturated carbocycles. The molecule has 1 aliphatic rings. The van der Waals surface area contributed by atoms with Gasteiger partial charge in [0.2, 0.25) is 5.91 Å². The fourth-order valence-electron chi connectivity index (χ4n) is 2.62. The third-order valence-corrected chi connectivity index (χ3v) is 4.14. The molecule has 7 heteroatoms. The van der Waals surface area contributed by atoms with Crippen molar-refractivity contribution in [3.63, 3.8) is 0 Å². The summed E-state index contributed by atoms with van der Waals surface area (Å²) in [6, 6.07) is 8.90. The minimum absolute atomic E-state index is 0.0143. The number of amides is 2. The Kier molecular flexibility index (Phi) is 5.50. The third-order valence-electron chi connectivity index (χ3n) is 3.91. The molecule has 2 amide bonds. The summed E-state index contributed by atoms with van der Waals surface area (Å²) in [5.74, 6) is 0.464. The number of hydrogen-bond acceptors (Lipinski definition) is 4. The van der Waals surface area contributed by atoms with Crippen molar-refractivity contribution in [2.45, 2.75) is 13.0 Å². The Labute approximate surface area is 150 Å². The van der Waals surface area contributed by atoms with Crippen molar-refractivity contribution in [3.05, 3.63) is 58.9 Å². The highest BCUT2D eigenvalue weighted by Gasteiger charge is 2.21. The number of nitrogens with zero attached hydrogens (tertiary/aromatic N) is 2. The van der Waals surface area contributed by atoms with E-state index in [9.17, 15) is 9.59 Å². The van der Waals surface area contributed by atoms with Crippen LogP contribution in [0.2, 0.25) is 5.02 Å². The predicted octanol–water partition coefficient (Wildman–Crippen LogP) is 1.81. The van der Waals surface area contributed by atoms with Gasteiger partial charge in [0, 0.05) is 42.6 Å². The number of halogens is 1. The molecule has 1 aromatic carbocycles. The molecule has 0 fully saturated rings. The van der Waals surface area contributed by atoms with Crippen LogP contribution in [0.5, 0.6) is 5.75 Å². The molecular formula is C18H18ClN3O3. The van der Waals surface area contributed by atoms with E-state index in [0.29, 0.717) is 30.4 Å². The van der Waals surface area contributed by atoms with E-state index >= 15 is 0 Å². The first-order chi connectivity index (χ1) is 12.1. The van der Waals surface area contributed by atoms with E-state index in [1.807, 2.05) is 0 Å². The van der Waals surface area contributed by atoms with Gasteiger partial charge in [-0.2, -0.15) is 0 Å². The monoisotopic (exact) mass is 359 g/mol. The Morgan fingerprint density at radius 1 is 1.28 bits per heavy atom. The Hall–Kier alpha value is -2.60. The lowest BCUT2D eigenvalue weighted by Crippen LogP contribution is -2.39. The number of carbonyl (C=O) groups is 2. The number of benzene rings is 1. The minimum Gasteiger partial charge on any atom is -0.483 e. The summed E-state index contributed by atoms with van der Waals surface area (Å²) < 4.78 is 5.51. The number of hydrogen-bond donors (Lipinski definition) is 1. The Bertz CT molecular complexity index is 767. The minimum atomic E-state index is -0.115. The number of pyridine rings is 1.